The first kappa shape index (κ1) is 23.6. The van der Waals surface area contributed by atoms with Crippen molar-refractivity contribution in [2.75, 3.05) is 18.4 Å². The van der Waals surface area contributed by atoms with Crippen LogP contribution in [0, 0.1) is 0 Å². The second-order valence-corrected chi connectivity index (χ2v) is 11.5. The number of para-hydroxylation sites is 2. The predicted octanol–water partition coefficient (Wildman–Crippen LogP) is 4.87. The molecule has 2 N–H and O–H groups in total. The molecule has 1 amide bonds. The minimum absolute atomic E-state index is 0.136. The Morgan fingerprint density at radius 1 is 0.943 bits per heavy atom. The van der Waals surface area contributed by atoms with Crippen molar-refractivity contribution in [1.29, 1.82) is 0 Å². The normalized spacial score (nSPS) is 14.2. The zero-order valence-electron chi connectivity index (χ0n) is 18.6. The zero-order chi connectivity index (χ0) is 24.4. The van der Waals surface area contributed by atoms with Crippen LogP contribution in [0.15, 0.2) is 77.7 Å². The summed E-state index contributed by atoms with van der Waals surface area (Å²) in [4.78, 5) is 17.6. The van der Waals surface area contributed by atoms with Crippen LogP contribution in [0.1, 0.15) is 23.2 Å². The summed E-state index contributed by atoms with van der Waals surface area (Å²) < 4.78 is 27.9. The molecule has 178 valence electrons. The molecule has 0 bridgehead atoms. The number of sulfonamides is 1. The third kappa shape index (κ3) is 4.96. The average molecular weight is 523 g/mol. The lowest BCUT2D eigenvalue weighted by atomic mass is 10.2. The Morgan fingerprint density at radius 2 is 1.63 bits per heavy atom. The molecule has 10 heteroatoms. The summed E-state index contributed by atoms with van der Waals surface area (Å²) in [6, 6.07) is 21.5. The van der Waals surface area contributed by atoms with Crippen LogP contribution in [0.2, 0.25) is 0 Å². The van der Waals surface area contributed by atoms with Crippen LogP contribution in [0.5, 0.6) is 0 Å². The van der Waals surface area contributed by atoms with Gasteiger partial charge in [0.2, 0.25) is 10.0 Å². The monoisotopic (exact) mass is 522 g/mol. The fraction of sp³-hybridized carbons (Fsp3) is 0.160. The van der Waals surface area contributed by atoms with Crippen LogP contribution in [0.3, 0.4) is 0 Å². The highest BCUT2D eigenvalue weighted by atomic mass is 32.2. The maximum absolute atomic E-state index is 12.7. The molecule has 2 heterocycles. The van der Waals surface area contributed by atoms with Gasteiger partial charge in [0.1, 0.15) is 5.01 Å². The number of benzene rings is 3. The molecular formula is C25H22N4O3S3. The smallest absolute Gasteiger partial charge is 0.257 e. The van der Waals surface area contributed by atoms with Gasteiger partial charge in [-0.15, -0.1) is 11.3 Å². The summed E-state index contributed by atoms with van der Waals surface area (Å²) in [6.45, 7) is 1.06. The molecule has 0 aliphatic carbocycles. The molecular weight excluding hydrogens is 501 g/mol. The van der Waals surface area contributed by atoms with Crippen molar-refractivity contribution >= 4 is 60.5 Å². The van der Waals surface area contributed by atoms with E-state index in [-0.39, 0.29) is 10.0 Å². The summed E-state index contributed by atoms with van der Waals surface area (Å²) in [7, 11) is -3.53. The van der Waals surface area contributed by atoms with Gasteiger partial charge in [0.15, 0.2) is 5.11 Å². The van der Waals surface area contributed by atoms with Crippen molar-refractivity contribution in [2.24, 2.45) is 0 Å². The van der Waals surface area contributed by atoms with E-state index in [1.807, 2.05) is 48.5 Å². The minimum atomic E-state index is -3.53. The maximum Gasteiger partial charge on any atom is 0.257 e. The predicted molar refractivity (Wildman–Crippen MR) is 143 cm³/mol. The lowest BCUT2D eigenvalue weighted by molar-refractivity contribution is 0.0977. The molecule has 0 radical (unpaired) electrons. The van der Waals surface area contributed by atoms with Gasteiger partial charge in [-0.25, -0.2) is 13.4 Å². The number of thiazole rings is 1. The van der Waals surface area contributed by atoms with Crippen molar-refractivity contribution in [3.05, 3.63) is 78.4 Å². The summed E-state index contributed by atoms with van der Waals surface area (Å²) in [5.41, 5.74) is 2.84. The Labute approximate surface area is 212 Å². The van der Waals surface area contributed by atoms with E-state index in [2.05, 4.69) is 10.6 Å². The second-order valence-electron chi connectivity index (χ2n) is 8.08. The highest BCUT2D eigenvalue weighted by molar-refractivity contribution is 7.89. The van der Waals surface area contributed by atoms with Crippen molar-refractivity contribution in [3.8, 4) is 10.6 Å². The number of carbonyl (C=O) groups is 1. The topological polar surface area (TPSA) is 91.4 Å². The Balaban J connectivity index is 1.28. The van der Waals surface area contributed by atoms with Gasteiger partial charge in [0.05, 0.1) is 20.8 Å². The quantitative estimate of drug-likeness (QED) is 0.363. The van der Waals surface area contributed by atoms with E-state index >= 15 is 0 Å². The number of nitrogens with zero attached hydrogens (tertiary/aromatic N) is 2. The van der Waals surface area contributed by atoms with E-state index in [1.165, 1.54) is 28.6 Å². The van der Waals surface area contributed by atoms with Crippen LogP contribution >= 0.6 is 23.6 Å². The summed E-state index contributed by atoms with van der Waals surface area (Å²) in [5.74, 6) is -0.426. The van der Waals surface area contributed by atoms with E-state index in [1.54, 1.807) is 11.3 Å². The number of carbonyl (C=O) groups excluding carboxylic acids is 1. The molecule has 35 heavy (non-hydrogen) atoms. The van der Waals surface area contributed by atoms with E-state index < -0.39 is 15.9 Å². The number of fused-ring (bicyclic) bond motifs is 1. The fourth-order valence-electron chi connectivity index (χ4n) is 3.95. The molecule has 0 unspecified atom stereocenters. The first-order valence-corrected chi connectivity index (χ1v) is 13.8. The van der Waals surface area contributed by atoms with Gasteiger partial charge in [0.25, 0.3) is 5.91 Å². The molecule has 1 saturated heterocycles. The molecule has 1 aromatic heterocycles. The number of rotatable bonds is 5. The summed E-state index contributed by atoms with van der Waals surface area (Å²) >= 11 is 6.96. The highest BCUT2D eigenvalue weighted by Crippen LogP contribution is 2.34. The number of amides is 1. The van der Waals surface area contributed by atoms with Gasteiger partial charge >= 0.3 is 0 Å². The fourth-order valence-corrected chi connectivity index (χ4v) is 6.68. The molecule has 1 fully saturated rings. The number of aromatic nitrogens is 1. The Bertz CT molecular complexity index is 1480. The molecule has 1 aliphatic rings. The van der Waals surface area contributed by atoms with Crippen molar-refractivity contribution in [3.63, 3.8) is 0 Å². The number of hydrogen-bond donors (Lipinski definition) is 2. The molecule has 0 spiro atoms. The van der Waals surface area contributed by atoms with Crippen LogP contribution in [-0.2, 0) is 10.0 Å². The van der Waals surface area contributed by atoms with E-state index in [0.29, 0.717) is 18.7 Å². The van der Waals surface area contributed by atoms with E-state index in [4.69, 9.17) is 17.2 Å². The van der Waals surface area contributed by atoms with Gasteiger partial charge in [-0.1, -0.05) is 24.3 Å². The van der Waals surface area contributed by atoms with E-state index in [9.17, 15) is 13.2 Å². The lowest BCUT2D eigenvalue weighted by Crippen LogP contribution is -2.34. The van der Waals surface area contributed by atoms with Gasteiger partial charge < -0.3 is 5.32 Å². The van der Waals surface area contributed by atoms with Crippen molar-refractivity contribution in [2.45, 2.75) is 17.7 Å². The Morgan fingerprint density at radius 3 is 2.37 bits per heavy atom. The van der Waals surface area contributed by atoms with Crippen LogP contribution < -0.4 is 10.6 Å². The molecule has 7 nitrogen and oxygen atoms in total. The first-order chi connectivity index (χ1) is 16.9. The molecule has 1 aliphatic heterocycles. The number of anilines is 1. The number of thiocarbonyl (C=S) groups is 1. The SMILES string of the molecule is O=C(NC(=S)Nc1ccccc1-c1nc2ccccc2s1)c1ccc(S(=O)(=O)N2CCCC2)cc1. The maximum atomic E-state index is 12.7. The van der Waals surface area contributed by atoms with Crippen molar-refractivity contribution in [1.82, 2.24) is 14.6 Å². The second kappa shape index (κ2) is 9.82. The molecule has 3 aromatic carbocycles. The molecule has 5 rings (SSSR count). The van der Waals surface area contributed by atoms with Gasteiger partial charge in [0, 0.05) is 24.2 Å². The van der Waals surface area contributed by atoms with Crippen molar-refractivity contribution < 1.29 is 13.2 Å². The lowest BCUT2D eigenvalue weighted by Gasteiger charge is -2.16. The summed E-state index contributed by atoms with van der Waals surface area (Å²) in [6.07, 6.45) is 1.73. The molecule has 0 atom stereocenters. The minimum Gasteiger partial charge on any atom is -0.332 e. The Hall–Kier alpha value is -3.18. The van der Waals surface area contributed by atoms with E-state index in [0.717, 1.165) is 39.3 Å². The Kier molecular flexibility index (Phi) is 6.61. The van der Waals surface area contributed by atoms with Crippen LogP contribution in [0.25, 0.3) is 20.8 Å². The molecule has 4 aromatic rings. The van der Waals surface area contributed by atoms with Gasteiger partial charge in [-0.05, 0) is 73.6 Å². The number of nitrogens with one attached hydrogen (secondary N) is 2. The largest absolute Gasteiger partial charge is 0.332 e. The third-order valence-corrected chi connectivity index (χ3v) is 8.93. The van der Waals surface area contributed by atoms with Crippen LogP contribution in [-0.4, -0.2) is 41.8 Å². The van der Waals surface area contributed by atoms with Crippen LogP contribution in [0.4, 0.5) is 5.69 Å². The standard InChI is InChI=1S/C25H22N4O3S3/c30-23(17-11-13-18(14-12-17)35(31,32)29-15-5-6-16-29)28-25(33)27-20-8-2-1-7-19(20)24-26-21-9-3-4-10-22(21)34-24/h1-4,7-14H,5-6,15-16H2,(H2,27,28,30,33). The van der Waals surface area contributed by atoms with Gasteiger partial charge in [-0.2, -0.15) is 4.31 Å². The molecule has 0 saturated carbocycles. The summed E-state index contributed by atoms with van der Waals surface area (Å²) in [5, 5.41) is 6.74. The number of hydrogen-bond acceptors (Lipinski definition) is 6. The first-order valence-electron chi connectivity index (χ1n) is 11.1. The highest BCUT2D eigenvalue weighted by Gasteiger charge is 2.27. The zero-order valence-corrected chi connectivity index (χ0v) is 21.1. The third-order valence-electron chi connectivity index (χ3n) is 5.75. The van der Waals surface area contributed by atoms with Gasteiger partial charge in [-0.3, -0.25) is 10.1 Å². The average Bonchev–Trinajstić information content (AvgIpc) is 3.55.